The third kappa shape index (κ3) is 3.98. The number of fused-ring (bicyclic) bond motifs is 1. The maximum Gasteiger partial charge on any atom is 0.288 e. The SMILES string of the molecule is O=C(N[C@H]1CCCC[C@@H]1O)C1=CN(Cc2ccccc2)c2ccccc2O1. The zero-order valence-electron chi connectivity index (χ0n) is 15.2. The number of anilines is 1. The Hall–Kier alpha value is -2.79. The molecule has 1 heterocycles. The van der Waals surface area contributed by atoms with E-state index in [4.69, 9.17) is 4.74 Å². The molecular formula is C22H24N2O3. The van der Waals surface area contributed by atoms with Gasteiger partial charge in [0.1, 0.15) is 0 Å². The number of hydrogen-bond acceptors (Lipinski definition) is 4. The summed E-state index contributed by atoms with van der Waals surface area (Å²) in [6.07, 6.45) is 4.81. The zero-order valence-corrected chi connectivity index (χ0v) is 15.2. The molecule has 1 amide bonds. The van der Waals surface area contributed by atoms with Crippen LogP contribution < -0.4 is 15.0 Å². The van der Waals surface area contributed by atoms with Crippen LogP contribution in [-0.4, -0.2) is 23.2 Å². The monoisotopic (exact) mass is 364 g/mol. The third-order valence-corrected chi connectivity index (χ3v) is 5.13. The molecule has 140 valence electrons. The lowest BCUT2D eigenvalue weighted by Crippen LogP contribution is -2.46. The first-order chi connectivity index (χ1) is 13.2. The summed E-state index contributed by atoms with van der Waals surface area (Å²) < 4.78 is 5.86. The summed E-state index contributed by atoms with van der Waals surface area (Å²) in [5.74, 6) is 0.626. The van der Waals surface area contributed by atoms with E-state index in [-0.39, 0.29) is 17.7 Å². The van der Waals surface area contributed by atoms with Crippen molar-refractivity contribution in [3.05, 3.63) is 72.1 Å². The molecule has 1 saturated carbocycles. The van der Waals surface area contributed by atoms with Crippen molar-refractivity contribution in [1.82, 2.24) is 5.32 Å². The lowest BCUT2D eigenvalue weighted by atomic mass is 9.92. The Bertz CT molecular complexity index is 834. The number of nitrogens with one attached hydrogen (secondary N) is 1. The van der Waals surface area contributed by atoms with E-state index in [1.54, 1.807) is 6.20 Å². The first kappa shape index (κ1) is 17.6. The number of aliphatic hydroxyl groups excluding tert-OH is 1. The largest absolute Gasteiger partial charge is 0.448 e. The van der Waals surface area contributed by atoms with Crippen LogP contribution in [0.5, 0.6) is 5.75 Å². The topological polar surface area (TPSA) is 61.8 Å². The minimum absolute atomic E-state index is 0.213. The molecule has 1 aliphatic carbocycles. The van der Waals surface area contributed by atoms with Crippen LogP contribution in [0.4, 0.5) is 5.69 Å². The van der Waals surface area contributed by atoms with Gasteiger partial charge in [-0.25, -0.2) is 0 Å². The van der Waals surface area contributed by atoms with Crippen LogP contribution in [0.3, 0.4) is 0 Å². The second-order valence-electron chi connectivity index (χ2n) is 7.11. The molecule has 2 aliphatic rings. The van der Waals surface area contributed by atoms with Gasteiger partial charge in [-0.3, -0.25) is 4.79 Å². The fraction of sp³-hybridized carbons (Fsp3) is 0.318. The number of ether oxygens (including phenoxy) is 1. The Morgan fingerprint density at radius 1 is 1.07 bits per heavy atom. The molecule has 1 aliphatic heterocycles. The third-order valence-electron chi connectivity index (χ3n) is 5.13. The van der Waals surface area contributed by atoms with Crippen LogP contribution in [0.1, 0.15) is 31.2 Å². The van der Waals surface area contributed by atoms with E-state index in [1.807, 2.05) is 47.4 Å². The van der Waals surface area contributed by atoms with Crippen molar-refractivity contribution in [2.75, 3.05) is 4.90 Å². The Balaban J connectivity index is 1.56. The molecule has 0 saturated heterocycles. The molecule has 27 heavy (non-hydrogen) atoms. The Morgan fingerprint density at radius 3 is 2.63 bits per heavy atom. The predicted octanol–water partition coefficient (Wildman–Crippen LogP) is 3.35. The number of carbonyl (C=O) groups is 1. The van der Waals surface area contributed by atoms with Crippen LogP contribution in [-0.2, 0) is 11.3 Å². The maximum atomic E-state index is 12.8. The van der Waals surface area contributed by atoms with E-state index in [1.165, 1.54) is 0 Å². The molecule has 1 fully saturated rings. The first-order valence-corrected chi connectivity index (χ1v) is 9.49. The summed E-state index contributed by atoms with van der Waals surface area (Å²) in [4.78, 5) is 14.8. The molecule has 2 N–H and O–H groups in total. The highest BCUT2D eigenvalue weighted by Crippen LogP contribution is 2.35. The Morgan fingerprint density at radius 2 is 1.81 bits per heavy atom. The summed E-state index contributed by atoms with van der Waals surface area (Å²) >= 11 is 0. The van der Waals surface area contributed by atoms with Gasteiger partial charge in [-0.15, -0.1) is 0 Å². The molecule has 0 radical (unpaired) electrons. The maximum absolute atomic E-state index is 12.8. The predicted molar refractivity (Wildman–Crippen MR) is 104 cm³/mol. The summed E-state index contributed by atoms with van der Waals surface area (Å²) in [6, 6.07) is 17.6. The lowest BCUT2D eigenvalue weighted by molar-refractivity contribution is -0.121. The fourth-order valence-corrected chi connectivity index (χ4v) is 3.67. The standard InChI is InChI=1S/C22H24N2O3/c25-19-12-6-4-10-17(19)23-22(26)21-15-24(14-16-8-2-1-3-9-16)18-11-5-7-13-20(18)27-21/h1-3,5,7-9,11,13,15,17,19,25H,4,6,10,12,14H2,(H,23,26)/t17-,19-/m0/s1. The molecule has 2 atom stereocenters. The highest BCUT2D eigenvalue weighted by Gasteiger charge is 2.28. The molecule has 0 spiro atoms. The van der Waals surface area contributed by atoms with Crippen molar-refractivity contribution in [2.24, 2.45) is 0 Å². The quantitative estimate of drug-likeness (QED) is 0.873. The minimum atomic E-state index is -0.486. The van der Waals surface area contributed by atoms with Gasteiger partial charge in [0, 0.05) is 6.54 Å². The van der Waals surface area contributed by atoms with Gasteiger partial charge in [0.05, 0.1) is 24.0 Å². The molecular weight excluding hydrogens is 340 g/mol. The van der Waals surface area contributed by atoms with Gasteiger partial charge in [-0.2, -0.15) is 0 Å². The number of para-hydroxylation sites is 2. The van der Waals surface area contributed by atoms with Crippen LogP contribution in [0, 0.1) is 0 Å². The Kier molecular flexibility index (Phi) is 5.12. The molecule has 0 bridgehead atoms. The summed E-state index contributed by atoms with van der Waals surface area (Å²) in [5.41, 5.74) is 2.07. The van der Waals surface area contributed by atoms with Crippen LogP contribution in [0.15, 0.2) is 66.6 Å². The van der Waals surface area contributed by atoms with E-state index in [2.05, 4.69) is 17.4 Å². The van der Waals surface area contributed by atoms with E-state index in [0.29, 0.717) is 12.3 Å². The van der Waals surface area contributed by atoms with Crippen molar-refractivity contribution >= 4 is 11.6 Å². The highest BCUT2D eigenvalue weighted by atomic mass is 16.5. The van der Waals surface area contributed by atoms with Crippen LogP contribution >= 0.6 is 0 Å². The summed E-state index contributed by atoms with van der Waals surface area (Å²) in [7, 11) is 0. The van der Waals surface area contributed by atoms with Crippen molar-refractivity contribution < 1.29 is 14.6 Å². The van der Waals surface area contributed by atoms with Crippen molar-refractivity contribution in [2.45, 2.75) is 44.4 Å². The summed E-state index contributed by atoms with van der Waals surface area (Å²) in [6.45, 7) is 0.643. The second kappa shape index (κ2) is 7.84. The normalized spacial score (nSPS) is 21.7. The van der Waals surface area contributed by atoms with Gasteiger partial charge in [-0.1, -0.05) is 55.3 Å². The van der Waals surface area contributed by atoms with E-state index in [9.17, 15) is 9.90 Å². The zero-order chi connectivity index (χ0) is 18.6. The number of rotatable bonds is 4. The van der Waals surface area contributed by atoms with Crippen molar-refractivity contribution in [3.63, 3.8) is 0 Å². The van der Waals surface area contributed by atoms with Gasteiger partial charge in [-0.05, 0) is 30.5 Å². The fourth-order valence-electron chi connectivity index (χ4n) is 3.67. The number of benzene rings is 2. The minimum Gasteiger partial charge on any atom is -0.448 e. The number of nitrogens with zero attached hydrogens (tertiary/aromatic N) is 1. The molecule has 2 aromatic rings. The second-order valence-corrected chi connectivity index (χ2v) is 7.11. The average Bonchev–Trinajstić information content (AvgIpc) is 2.70. The van der Waals surface area contributed by atoms with Gasteiger partial charge >= 0.3 is 0 Å². The average molecular weight is 364 g/mol. The molecule has 2 aromatic carbocycles. The van der Waals surface area contributed by atoms with Gasteiger partial charge < -0.3 is 20.1 Å². The first-order valence-electron chi connectivity index (χ1n) is 9.49. The van der Waals surface area contributed by atoms with Gasteiger partial charge in [0.2, 0.25) is 5.76 Å². The van der Waals surface area contributed by atoms with Gasteiger partial charge in [0.15, 0.2) is 5.75 Å². The highest BCUT2D eigenvalue weighted by molar-refractivity contribution is 5.93. The van der Waals surface area contributed by atoms with Crippen molar-refractivity contribution in [1.29, 1.82) is 0 Å². The smallest absolute Gasteiger partial charge is 0.288 e. The number of carbonyl (C=O) groups excluding carboxylic acids is 1. The van der Waals surface area contributed by atoms with E-state index < -0.39 is 6.10 Å². The molecule has 5 nitrogen and oxygen atoms in total. The Labute approximate surface area is 159 Å². The molecule has 4 rings (SSSR count). The summed E-state index contributed by atoms with van der Waals surface area (Å²) in [5, 5.41) is 13.1. The van der Waals surface area contributed by atoms with E-state index in [0.717, 1.165) is 36.9 Å². The van der Waals surface area contributed by atoms with Crippen LogP contribution in [0.2, 0.25) is 0 Å². The van der Waals surface area contributed by atoms with E-state index >= 15 is 0 Å². The number of aliphatic hydroxyl groups is 1. The number of amides is 1. The van der Waals surface area contributed by atoms with Crippen LogP contribution in [0.25, 0.3) is 0 Å². The number of hydrogen-bond donors (Lipinski definition) is 2. The molecule has 0 aromatic heterocycles. The van der Waals surface area contributed by atoms with Crippen molar-refractivity contribution in [3.8, 4) is 5.75 Å². The van der Waals surface area contributed by atoms with Gasteiger partial charge in [0.25, 0.3) is 5.91 Å². The molecule has 0 unspecified atom stereocenters. The molecule has 5 heteroatoms. The lowest BCUT2D eigenvalue weighted by Gasteiger charge is -2.31.